The van der Waals surface area contributed by atoms with Gasteiger partial charge in [-0.15, -0.1) is 11.3 Å². The van der Waals surface area contributed by atoms with Gasteiger partial charge in [0, 0.05) is 13.0 Å². The Labute approximate surface area is 185 Å². The fourth-order valence-corrected chi connectivity index (χ4v) is 4.14. The smallest absolute Gasteiger partial charge is 0.262 e. The van der Waals surface area contributed by atoms with Crippen LogP contribution >= 0.6 is 11.3 Å². The molecule has 0 aliphatic heterocycles. The van der Waals surface area contributed by atoms with Gasteiger partial charge in [0.2, 0.25) is 15.9 Å². The summed E-state index contributed by atoms with van der Waals surface area (Å²) in [6.45, 7) is 0.341. The molecule has 3 aromatic rings. The van der Waals surface area contributed by atoms with Gasteiger partial charge in [-0.1, -0.05) is 48.5 Å². The maximum Gasteiger partial charge on any atom is 0.262 e. The largest absolute Gasteiger partial charge is 0.354 e. The number of rotatable bonds is 9. The molecule has 0 aliphatic carbocycles. The summed E-state index contributed by atoms with van der Waals surface area (Å²) in [4.78, 5) is 25.9. The quantitative estimate of drug-likeness (QED) is 0.456. The summed E-state index contributed by atoms with van der Waals surface area (Å²) in [6, 6.07) is 18.4. The topological polar surface area (TPSA) is 118 Å². The lowest BCUT2D eigenvalue weighted by molar-refractivity contribution is -0.122. The third-order valence-electron chi connectivity index (χ3n) is 4.61. The third kappa shape index (κ3) is 6.74. The monoisotopic (exact) mass is 457 g/mol. The Balaban J connectivity index is 1.61. The minimum atomic E-state index is -3.73. The van der Waals surface area contributed by atoms with Gasteiger partial charge in [-0.2, -0.15) is 0 Å². The Morgan fingerprint density at radius 3 is 2.26 bits per heavy atom. The van der Waals surface area contributed by atoms with E-state index in [-0.39, 0.29) is 16.7 Å². The van der Waals surface area contributed by atoms with E-state index >= 15 is 0 Å². The van der Waals surface area contributed by atoms with E-state index in [0.717, 1.165) is 11.1 Å². The Bertz CT molecular complexity index is 1110. The fraction of sp³-hybridized carbons (Fsp3) is 0.182. The van der Waals surface area contributed by atoms with Gasteiger partial charge in [0.25, 0.3) is 5.91 Å². The van der Waals surface area contributed by atoms with Crippen LogP contribution in [-0.2, 0) is 27.7 Å². The van der Waals surface area contributed by atoms with E-state index in [4.69, 9.17) is 5.14 Å². The first-order valence-corrected chi connectivity index (χ1v) is 12.0. The van der Waals surface area contributed by atoms with Crippen LogP contribution in [0.4, 0.5) is 0 Å². The molecule has 0 fully saturated rings. The van der Waals surface area contributed by atoms with Crippen LogP contribution in [-0.4, -0.2) is 32.8 Å². The molecule has 3 rings (SSSR count). The van der Waals surface area contributed by atoms with Crippen molar-refractivity contribution in [2.45, 2.75) is 23.8 Å². The van der Waals surface area contributed by atoms with Gasteiger partial charge in [-0.3, -0.25) is 9.59 Å². The van der Waals surface area contributed by atoms with E-state index < -0.39 is 16.1 Å². The van der Waals surface area contributed by atoms with Crippen LogP contribution < -0.4 is 15.8 Å². The van der Waals surface area contributed by atoms with Crippen LogP contribution in [0.2, 0.25) is 0 Å². The Morgan fingerprint density at radius 1 is 0.935 bits per heavy atom. The van der Waals surface area contributed by atoms with Gasteiger partial charge in [-0.05, 0) is 41.1 Å². The highest BCUT2D eigenvalue weighted by atomic mass is 32.2. The molecule has 0 saturated heterocycles. The summed E-state index contributed by atoms with van der Waals surface area (Å²) in [5.41, 5.74) is 1.79. The van der Waals surface area contributed by atoms with Crippen molar-refractivity contribution in [3.05, 3.63) is 88.1 Å². The summed E-state index contributed by atoms with van der Waals surface area (Å²) in [7, 11) is -3.73. The number of nitrogens with two attached hydrogens (primary N) is 1. The zero-order valence-corrected chi connectivity index (χ0v) is 18.3. The second-order valence-corrected chi connectivity index (χ2v) is 9.43. The van der Waals surface area contributed by atoms with Crippen LogP contribution in [0.25, 0.3) is 0 Å². The van der Waals surface area contributed by atoms with Crippen molar-refractivity contribution < 1.29 is 18.0 Å². The minimum Gasteiger partial charge on any atom is -0.354 e. The minimum absolute atomic E-state index is 0.0412. The standard InChI is InChI=1S/C22H23N3O4S2/c23-31(28,29)18-10-8-16(9-11-18)12-13-24-21(26)19(15-17-5-2-1-3-6-17)25-22(27)20-7-4-14-30-20/h1-11,14,19H,12-13,15H2,(H,24,26)(H,25,27)(H2,23,28,29). The predicted molar refractivity (Wildman–Crippen MR) is 120 cm³/mol. The number of carbonyl (C=O) groups excluding carboxylic acids is 2. The summed E-state index contributed by atoms with van der Waals surface area (Å²) in [6.07, 6.45) is 0.875. The van der Waals surface area contributed by atoms with Crippen molar-refractivity contribution in [1.29, 1.82) is 0 Å². The SMILES string of the molecule is NS(=O)(=O)c1ccc(CCNC(=O)C(Cc2ccccc2)NC(=O)c2cccs2)cc1. The molecule has 2 amide bonds. The molecule has 0 radical (unpaired) electrons. The van der Waals surface area contributed by atoms with E-state index in [9.17, 15) is 18.0 Å². The van der Waals surface area contributed by atoms with E-state index in [2.05, 4.69) is 10.6 Å². The van der Waals surface area contributed by atoms with Crippen LogP contribution in [0.15, 0.2) is 77.0 Å². The number of amides is 2. The zero-order valence-electron chi connectivity index (χ0n) is 16.7. The highest BCUT2D eigenvalue weighted by molar-refractivity contribution is 7.89. The molecule has 1 heterocycles. The first kappa shape index (κ1) is 22.7. The molecule has 0 aliphatic rings. The molecule has 1 unspecified atom stereocenters. The number of nitrogens with one attached hydrogen (secondary N) is 2. The second-order valence-electron chi connectivity index (χ2n) is 6.92. The van der Waals surface area contributed by atoms with Gasteiger partial charge >= 0.3 is 0 Å². The summed E-state index contributed by atoms with van der Waals surface area (Å²) >= 11 is 1.31. The van der Waals surface area contributed by atoms with Crippen molar-refractivity contribution in [1.82, 2.24) is 10.6 Å². The zero-order chi connectivity index (χ0) is 22.3. The molecule has 1 aromatic heterocycles. The fourth-order valence-electron chi connectivity index (χ4n) is 3.00. The Morgan fingerprint density at radius 2 is 1.65 bits per heavy atom. The number of benzene rings is 2. The first-order chi connectivity index (χ1) is 14.8. The first-order valence-electron chi connectivity index (χ1n) is 9.60. The Kier molecular flexibility index (Phi) is 7.56. The number of primary sulfonamides is 1. The van der Waals surface area contributed by atoms with Crippen molar-refractivity contribution in [2.75, 3.05) is 6.54 Å². The Hall–Kier alpha value is -3.01. The number of sulfonamides is 1. The number of carbonyl (C=O) groups is 2. The molecule has 4 N–H and O–H groups in total. The van der Waals surface area contributed by atoms with Crippen molar-refractivity contribution in [2.24, 2.45) is 5.14 Å². The van der Waals surface area contributed by atoms with E-state index in [0.29, 0.717) is 24.3 Å². The number of hydrogen-bond donors (Lipinski definition) is 3. The number of thiophene rings is 1. The van der Waals surface area contributed by atoms with Gasteiger partial charge < -0.3 is 10.6 Å². The van der Waals surface area contributed by atoms with Crippen molar-refractivity contribution in [3.8, 4) is 0 Å². The molecule has 7 nitrogen and oxygen atoms in total. The number of hydrogen-bond acceptors (Lipinski definition) is 5. The molecule has 9 heteroatoms. The summed E-state index contributed by atoms with van der Waals surface area (Å²) < 4.78 is 22.7. The lowest BCUT2D eigenvalue weighted by Gasteiger charge is -2.18. The highest BCUT2D eigenvalue weighted by Crippen LogP contribution is 2.11. The summed E-state index contributed by atoms with van der Waals surface area (Å²) in [5.74, 6) is -0.570. The molecular formula is C22H23N3O4S2. The third-order valence-corrected chi connectivity index (χ3v) is 6.41. The average molecular weight is 458 g/mol. The maximum absolute atomic E-state index is 12.8. The lowest BCUT2D eigenvalue weighted by atomic mass is 10.0. The van der Waals surface area contributed by atoms with Crippen LogP contribution in [0.3, 0.4) is 0 Å². The lowest BCUT2D eigenvalue weighted by Crippen LogP contribution is -2.48. The maximum atomic E-state index is 12.8. The second kappa shape index (κ2) is 10.3. The van der Waals surface area contributed by atoms with Gasteiger partial charge in [0.1, 0.15) is 6.04 Å². The normalized spacial score (nSPS) is 12.2. The van der Waals surface area contributed by atoms with Gasteiger partial charge in [0.15, 0.2) is 0 Å². The molecule has 0 bridgehead atoms. The van der Waals surface area contributed by atoms with E-state index in [1.165, 1.54) is 23.5 Å². The predicted octanol–water partition coefficient (Wildman–Crippen LogP) is 2.10. The van der Waals surface area contributed by atoms with Gasteiger partial charge in [-0.25, -0.2) is 13.6 Å². The van der Waals surface area contributed by atoms with E-state index in [1.807, 2.05) is 35.7 Å². The summed E-state index contributed by atoms with van der Waals surface area (Å²) in [5, 5.41) is 12.6. The average Bonchev–Trinajstić information content (AvgIpc) is 3.29. The molecule has 0 spiro atoms. The van der Waals surface area contributed by atoms with Crippen molar-refractivity contribution >= 4 is 33.2 Å². The van der Waals surface area contributed by atoms with Crippen LogP contribution in [0.1, 0.15) is 20.8 Å². The van der Waals surface area contributed by atoms with Crippen LogP contribution in [0, 0.1) is 0 Å². The van der Waals surface area contributed by atoms with E-state index in [1.54, 1.807) is 24.3 Å². The van der Waals surface area contributed by atoms with Crippen molar-refractivity contribution in [3.63, 3.8) is 0 Å². The molecule has 31 heavy (non-hydrogen) atoms. The molecule has 0 saturated carbocycles. The molecule has 1 atom stereocenters. The van der Waals surface area contributed by atoms with Gasteiger partial charge in [0.05, 0.1) is 9.77 Å². The molecule has 162 valence electrons. The molecule has 2 aromatic carbocycles. The molecular weight excluding hydrogens is 434 g/mol. The highest BCUT2D eigenvalue weighted by Gasteiger charge is 2.22. The van der Waals surface area contributed by atoms with Crippen LogP contribution in [0.5, 0.6) is 0 Å².